The van der Waals surface area contributed by atoms with Crippen LogP contribution in [0.1, 0.15) is 13.3 Å². The molecule has 0 spiro atoms. The number of nitrogens with zero attached hydrogens (tertiary/aromatic N) is 2. The van der Waals surface area contributed by atoms with Crippen LogP contribution in [0.4, 0.5) is 16.2 Å². The quantitative estimate of drug-likeness (QED) is 0.682. The van der Waals surface area contributed by atoms with Gasteiger partial charge in [0.1, 0.15) is 6.61 Å². The van der Waals surface area contributed by atoms with Crippen LogP contribution in [0.3, 0.4) is 0 Å². The molecule has 0 bridgehead atoms. The van der Waals surface area contributed by atoms with Crippen LogP contribution >= 0.6 is 0 Å². The van der Waals surface area contributed by atoms with E-state index in [0.29, 0.717) is 17.9 Å². The number of benzene rings is 1. The molecule has 1 aromatic carbocycles. The zero-order chi connectivity index (χ0) is 18.1. The Balaban J connectivity index is 1.89. The lowest BCUT2D eigenvalue weighted by Crippen LogP contribution is -2.40. The smallest absolute Gasteiger partial charge is 0.319 e. The fourth-order valence-electron chi connectivity index (χ4n) is 2.28. The molecule has 0 saturated carbocycles. The molecule has 0 fully saturated rings. The van der Waals surface area contributed by atoms with Crippen LogP contribution in [0.5, 0.6) is 0 Å². The number of rotatable bonds is 8. The molecule has 0 saturated heterocycles. The van der Waals surface area contributed by atoms with Crippen molar-refractivity contribution in [3.8, 4) is 0 Å². The first kappa shape index (κ1) is 18.5. The first-order valence-corrected chi connectivity index (χ1v) is 8.02. The molecule has 8 nitrogen and oxygen atoms in total. The highest BCUT2D eigenvalue weighted by Crippen LogP contribution is 2.15. The minimum atomic E-state index is -0.299. The van der Waals surface area contributed by atoms with Crippen molar-refractivity contribution in [2.24, 2.45) is 0 Å². The zero-order valence-corrected chi connectivity index (χ0v) is 14.4. The van der Waals surface area contributed by atoms with E-state index in [4.69, 9.17) is 4.74 Å². The lowest BCUT2D eigenvalue weighted by atomic mass is 10.2. The van der Waals surface area contributed by atoms with Crippen LogP contribution in [-0.2, 0) is 16.1 Å². The van der Waals surface area contributed by atoms with Crippen molar-refractivity contribution in [3.63, 3.8) is 0 Å². The van der Waals surface area contributed by atoms with Crippen LogP contribution in [0, 0.1) is 0 Å². The maximum Gasteiger partial charge on any atom is 0.319 e. The zero-order valence-electron chi connectivity index (χ0n) is 14.4. The van der Waals surface area contributed by atoms with Gasteiger partial charge in [-0.15, -0.1) is 0 Å². The summed E-state index contributed by atoms with van der Waals surface area (Å²) in [6.07, 6.45) is 6.07. The molecule has 3 N–H and O–H groups in total. The molecule has 1 atom stereocenters. The molecular weight excluding hydrogens is 322 g/mol. The number of amides is 3. The van der Waals surface area contributed by atoms with Crippen LogP contribution in [0.25, 0.3) is 0 Å². The van der Waals surface area contributed by atoms with Gasteiger partial charge in [-0.25, -0.2) is 9.78 Å². The second-order valence-electron chi connectivity index (χ2n) is 5.53. The molecule has 25 heavy (non-hydrogen) atoms. The standard InChI is InChI=1S/C17H23N5O3/c1-3-13(10-22-8-7-18-12-22)20-17(24)21-15-6-4-5-14(9-15)19-16(23)11-25-2/h4-9,12-13H,3,10-11H2,1-2H3,(H,19,23)(H2,20,21,24)/t13-/m0/s1. The topological polar surface area (TPSA) is 97.3 Å². The number of carbonyl (C=O) groups excluding carboxylic acids is 2. The summed E-state index contributed by atoms with van der Waals surface area (Å²) in [5.74, 6) is -0.254. The Morgan fingerprint density at radius 2 is 2.04 bits per heavy atom. The van der Waals surface area contributed by atoms with Crippen molar-refractivity contribution in [2.45, 2.75) is 25.9 Å². The number of methoxy groups -OCH3 is 1. The third-order valence-corrected chi connectivity index (χ3v) is 3.50. The van der Waals surface area contributed by atoms with Gasteiger partial charge in [-0.05, 0) is 24.6 Å². The Hall–Kier alpha value is -2.87. The summed E-state index contributed by atoms with van der Waals surface area (Å²) in [5, 5.41) is 8.39. The number of urea groups is 1. The number of aromatic nitrogens is 2. The summed E-state index contributed by atoms with van der Waals surface area (Å²) < 4.78 is 6.69. The van der Waals surface area contributed by atoms with Gasteiger partial charge < -0.3 is 25.3 Å². The first-order chi connectivity index (χ1) is 12.1. The molecule has 0 unspecified atom stereocenters. The monoisotopic (exact) mass is 345 g/mol. The Bertz CT molecular complexity index is 687. The fourth-order valence-corrected chi connectivity index (χ4v) is 2.28. The van der Waals surface area contributed by atoms with Gasteiger partial charge in [-0.2, -0.15) is 0 Å². The SMILES string of the molecule is CC[C@@H](Cn1ccnc1)NC(=O)Nc1cccc(NC(=O)COC)c1. The molecular formula is C17H23N5O3. The summed E-state index contributed by atoms with van der Waals surface area (Å²) in [6.45, 7) is 2.63. The van der Waals surface area contributed by atoms with Crippen LogP contribution in [0.15, 0.2) is 43.0 Å². The number of carbonyl (C=O) groups is 2. The average Bonchev–Trinajstić information content (AvgIpc) is 3.07. The van der Waals surface area contributed by atoms with E-state index in [1.54, 1.807) is 36.8 Å². The minimum Gasteiger partial charge on any atom is -0.375 e. The van der Waals surface area contributed by atoms with Crippen molar-refractivity contribution >= 4 is 23.3 Å². The minimum absolute atomic E-state index is 0.0150. The largest absolute Gasteiger partial charge is 0.375 e. The van der Waals surface area contributed by atoms with E-state index in [1.807, 2.05) is 17.7 Å². The first-order valence-electron chi connectivity index (χ1n) is 8.02. The molecule has 8 heteroatoms. The summed E-state index contributed by atoms with van der Waals surface area (Å²) in [4.78, 5) is 27.7. The van der Waals surface area contributed by atoms with Gasteiger partial charge in [0.2, 0.25) is 5.91 Å². The van der Waals surface area contributed by atoms with E-state index >= 15 is 0 Å². The Labute approximate surface area is 146 Å². The van der Waals surface area contributed by atoms with Gasteiger partial charge in [0.25, 0.3) is 0 Å². The van der Waals surface area contributed by atoms with Gasteiger partial charge in [0, 0.05) is 43.5 Å². The highest BCUT2D eigenvalue weighted by Gasteiger charge is 2.11. The van der Waals surface area contributed by atoms with Gasteiger partial charge in [-0.3, -0.25) is 4.79 Å². The molecule has 2 aromatic rings. The van der Waals surface area contributed by atoms with Crippen molar-refractivity contribution in [3.05, 3.63) is 43.0 Å². The third-order valence-electron chi connectivity index (χ3n) is 3.50. The molecule has 0 aliphatic heterocycles. The maximum atomic E-state index is 12.2. The second kappa shape index (κ2) is 9.43. The lowest BCUT2D eigenvalue weighted by Gasteiger charge is -2.18. The molecule has 2 rings (SSSR count). The van der Waals surface area contributed by atoms with Gasteiger partial charge in [0.05, 0.1) is 6.33 Å². The molecule has 0 aliphatic carbocycles. The van der Waals surface area contributed by atoms with E-state index < -0.39 is 0 Å². The number of hydrogen-bond acceptors (Lipinski definition) is 4. The van der Waals surface area contributed by atoms with Gasteiger partial charge in [0.15, 0.2) is 0 Å². The average molecular weight is 345 g/mol. The Kier molecular flexibility index (Phi) is 6.97. The van der Waals surface area contributed by atoms with E-state index in [0.717, 1.165) is 6.42 Å². The molecule has 1 aromatic heterocycles. The summed E-state index contributed by atoms with van der Waals surface area (Å²) >= 11 is 0. The number of nitrogens with one attached hydrogen (secondary N) is 3. The lowest BCUT2D eigenvalue weighted by molar-refractivity contribution is -0.119. The Morgan fingerprint density at radius 1 is 1.28 bits per heavy atom. The van der Waals surface area contributed by atoms with Crippen molar-refractivity contribution in [1.29, 1.82) is 0 Å². The van der Waals surface area contributed by atoms with Gasteiger partial charge >= 0.3 is 6.03 Å². The highest BCUT2D eigenvalue weighted by atomic mass is 16.5. The fraction of sp³-hybridized carbons (Fsp3) is 0.353. The summed E-state index contributed by atoms with van der Waals surface area (Å²) in [6, 6.07) is 6.61. The predicted molar refractivity (Wildman–Crippen MR) is 95.4 cm³/mol. The Morgan fingerprint density at radius 3 is 2.68 bits per heavy atom. The van der Waals surface area contributed by atoms with E-state index in [9.17, 15) is 9.59 Å². The van der Waals surface area contributed by atoms with Crippen molar-refractivity contribution < 1.29 is 14.3 Å². The molecule has 134 valence electrons. The second-order valence-corrected chi connectivity index (χ2v) is 5.53. The predicted octanol–water partition coefficient (Wildman–Crippen LogP) is 2.07. The summed E-state index contributed by atoms with van der Waals surface area (Å²) in [5.41, 5.74) is 1.18. The normalized spacial score (nSPS) is 11.6. The molecule has 1 heterocycles. The molecule has 3 amide bonds. The molecule has 0 radical (unpaired) electrons. The van der Waals surface area contributed by atoms with Crippen molar-refractivity contribution in [2.75, 3.05) is 24.4 Å². The summed E-state index contributed by atoms with van der Waals surface area (Å²) in [7, 11) is 1.45. The molecule has 0 aliphatic rings. The number of ether oxygens (including phenoxy) is 1. The van der Waals surface area contributed by atoms with Crippen LogP contribution in [-0.4, -0.2) is 41.2 Å². The number of anilines is 2. The van der Waals surface area contributed by atoms with E-state index in [1.165, 1.54) is 7.11 Å². The van der Waals surface area contributed by atoms with Crippen molar-refractivity contribution in [1.82, 2.24) is 14.9 Å². The number of imidazole rings is 1. The van der Waals surface area contributed by atoms with Crippen LogP contribution < -0.4 is 16.0 Å². The van der Waals surface area contributed by atoms with Gasteiger partial charge in [-0.1, -0.05) is 13.0 Å². The van der Waals surface area contributed by atoms with E-state index in [2.05, 4.69) is 20.9 Å². The highest BCUT2D eigenvalue weighted by molar-refractivity contribution is 5.94. The third kappa shape index (κ3) is 6.27. The van der Waals surface area contributed by atoms with Crippen LogP contribution in [0.2, 0.25) is 0 Å². The maximum absolute atomic E-state index is 12.2. The number of hydrogen-bond donors (Lipinski definition) is 3. The van der Waals surface area contributed by atoms with E-state index in [-0.39, 0.29) is 24.6 Å².